The van der Waals surface area contributed by atoms with Gasteiger partial charge in [-0.2, -0.15) is 0 Å². The number of carbonyl (C=O) groups excluding carboxylic acids is 1. The molecule has 162 valence electrons. The van der Waals surface area contributed by atoms with Crippen LogP contribution in [-0.2, 0) is 6.54 Å². The summed E-state index contributed by atoms with van der Waals surface area (Å²) < 4.78 is 18.8. The van der Waals surface area contributed by atoms with Gasteiger partial charge in [0.15, 0.2) is 0 Å². The molecule has 0 spiro atoms. The van der Waals surface area contributed by atoms with Crippen LogP contribution in [0, 0.1) is 5.82 Å². The maximum absolute atomic E-state index is 13.2. The van der Waals surface area contributed by atoms with E-state index in [1.165, 1.54) is 29.9 Å². The number of ether oxygens (including phenoxy) is 1. The first-order chi connectivity index (χ1) is 15.2. The number of hydrogen-bond acceptors (Lipinski definition) is 5. The van der Waals surface area contributed by atoms with E-state index in [1.807, 2.05) is 6.07 Å². The van der Waals surface area contributed by atoms with Gasteiger partial charge >= 0.3 is 6.03 Å². The topological polar surface area (TPSA) is 66.5 Å². The molecule has 0 saturated carbocycles. The number of hydrogen-bond donors (Lipinski definition) is 2. The molecule has 2 aromatic heterocycles. The van der Waals surface area contributed by atoms with Gasteiger partial charge in [0.05, 0.1) is 6.04 Å². The highest BCUT2D eigenvalue weighted by Gasteiger charge is 2.24. The summed E-state index contributed by atoms with van der Waals surface area (Å²) in [7, 11) is 0. The summed E-state index contributed by atoms with van der Waals surface area (Å²) in [5, 5.41) is 7.95. The molecule has 0 radical (unpaired) electrons. The smallest absolute Gasteiger partial charge is 0.315 e. The second-order valence-electron chi connectivity index (χ2n) is 7.40. The van der Waals surface area contributed by atoms with Gasteiger partial charge in [0, 0.05) is 36.3 Å². The third-order valence-corrected chi connectivity index (χ3v) is 6.15. The second kappa shape index (κ2) is 10.4. The Hall–Kier alpha value is -2.97. The Kier molecular flexibility index (Phi) is 7.11. The minimum Gasteiger partial charge on any atom is -0.439 e. The van der Waals surface area contributed by atoms with Crippen molar-refractivity contribution in [3.05, 3.63) is 76.4 Å². The second-order valence-corrected chi connectivity index (χ2v) is 8.38. The fourth-order valence-corrected chi connectivity index (χ4v) is 4.47. The van der Waals surface area contributed by atoms with Gasteiger partial charge in [0.25, 0.3) is 0 Å². The van der Waals surface area contributed by atoms with Crippen LogP contribution in [0.5, 0.6) is 11.6 Å². The molecule has 1 fully saturated rings. The molecule has 1 unspecified atom stereocenters. The molecule has 1 saturated heterocycles. The molecule has 6 nitrogen and oxygen atoms in total. The van der Waals surface area contributed by atoms with Crippen LogP contribution in [0.3, 0.4) is 0 Å². The molecule has 0 bridgehead atoms. The van der Waals surface area contributed by atoms with Crippen LogP contribution >= 0.6 is 11.3 Å². The van der Waals surface area contributed by atoms with Crippen LogP contribution in [0.2, 0.25) is 0 Å². The van der Waals surface area contributed by atoms with Crippen molar-refractivity contribution in [2.45, 2.75) is 25.4 Å². The van der Waals surface area contributed by atoms with Crippen molar-refractivity contribution < 1.29 is 13.9 Å². The van der Waals surface area contributed by atoms with Crippen molar-refractivity contribution in [2.24, 2.45) is 0 Å². The third-order valence-electron chi connectivity index (χ3n) is 5.18. The number of amides is 2. The van der Waals surface area contributed by atoms with Crippen molar-refractivity contribution in [2.75, 3.05) is 19.6 Å². The van der Waals surface area contributed by atoms with E-state index < -0.39 is 0 Å². The SMILES string of the molecule is O=C(NCc1ccc(Oc2cccc(F)c2)nc1)NCC(c1cccs1)N1CCCC1. The molecule has 31 heavy (non-hydrogen) atoms. The largest absolute Gasteiger partial charge is 0.439 e. The van der Waals surface area contributed by atoms with Crippen LogP contribution in [0.4, 0.5) is 9.18 Å². The lowest BCUT2D eigenvalue weighted by Crippen LogP contribution is -2.41. The minimum absolute atomic E-state index is 0.208. The first kappa shape index (κ1) is 21.3. The van der Waals surface area contributed by atoms with E-state index >= 15 is 0 Å². The quantitative estimate of drug-likeness (QED) is 0.532. The zero-order valence-electron chi connectivity index (χ0n) is 17.1. The third kappa shape index (κ3) is 6.02. The number of thiophene rings is 1. The minimum atomic E-state index is -0.365. The monoisotopic (exact) mass is 440 g/mol. The lowest BCUT2D eigenvalue weighted by molar-refractivity contribution is 0.222. The Morgan fingerprint density at radius 2 is 2.03 bits per heavy atom. The summed E-state index contributed by atoms with van der Waals surface area (Å²) in [5.74, 6) is 0.384. The van der Waals surface area contributed by atoms with Gasteiger partial charge in [-0.1, -0.05) is 18.2 Å². The van der Waals surface area contributed by atoms with Gasteiger partial charge in [-0.15, -0.1) is 11.3 Å². The highest BCUT2D eigenvalue weighted by Crippen LogP contribution is 2.27. The number of rotatable bonds is 8. The number of aromatic nitrogens is 1. The molecule has 1 aromatic carbocycles. The van der Waals surface area contributed by atoms with E-state index in [0.29, 0.717) is 24.7 Å². The number of urea groups is 1. The first-order valence-corrected chi connectivity index (χ1v) is 11.2. The summed E-state index contributed by atoms with van der Waals surface area (Å²) in [4.78, 5) is 20.3. The lowest BCUT2D eigenvalue weighted by Gasteiger charge is -2.26. The number of pyridine rings is 1. The molecular formula is C23H25FN4O2S. The maximum Gasteiger partial charge on any atom is 0.315 e. The number of carbonyl (C=O) groups is 1. The lowest BCUT2D eigenvalue weighted by atomic mass is 10.2. The van der Waals surface area contributed by atoms with E-state index in [4.69, 9.17) is 4.74 Å². The summed E-state index contributed by atoms with van der Waals surface area (Å²) in [6, 6.07) is 13.6. The molecule has 2 amide bonds. The molecule has 2 N–H and O–H groups in total. The van der Waals surface area contributed by atoms with Crippen LogP contribution in [0.1, 0.15) is 29.3 Å². The number of likely N-dealkylation sites (tertiary alicyclic amines) is 1. The van der Waals surface area contributed by atoms with Crippen molar-refractivity contribution in [3.63, 3.8) is 0 Å². The van der Waals surface area contributed by atoms with Crippen LogP contribution in [0.25, 0.3) is 0 Å². The molecule has 1 aliphatic heterocycles. The fraction of sp³-hybridized carbons (Fsp3) is 0.304. The standard InChI is InChI=1S/C23H25FN4O2S/c24-18-5-3-6-19(13-18)30-22-9-8-17(14-25-22)15-26-23(29)27-16-20(21-7-4-12-31-21)28-10-1-2-11-28/h3-9,12-14,20H,1-2,10-11,15-16H2,(H2,26,27,29). The van der Waals surface area contributed by atoms with E-state index in [9.17, 15) is 9.18 Å². The van der Waals surface area contributed by atoms with Gasteiger partial charge < -0.3 is 15.4 Å². The summed E-state index contributed by atoms with van der Waals surface area (Å²) in [6.07, 6.45) is 4.05. The molecule has 1 atom stereocenters. The Morgan fingerprint density at radius 1 is 1.16 bits per heavy atom. The van der Waals surface area contributed by atoms with Gasteiger partial charge in [-0.05, 0) is 55.1 Å². The summed E-state index contributed by atoms with van der Waals surface area (Å²) in [6.45, 7) is 3.07. The fourth-order valence-electron chi connectivity index (χ4n) is 3.61. The molecular weight excluding hydrogens is 415 g/mol. The molecule has 1 aliphatic rings. The zero-order chi connectivity index (χ0) is 21.5. The highest BCUT2D eigenvalue weighted by atomic mass is 32.1. The van der Waals surface area contributed by atoms with Crippen molar-refractivity contribution in [1.82, 2.24) is 20.5 Å². The normalized spacial score (nSPS) is 14.9. The molecule has 8 heteroatoms. The summed E-state index contributed by atoms with van der Waals surface area (Å²) in [5.41, 5.74) is 0.844. The van der Waals surface area contributed by atoms with E-state index in [-0.39, 0.29) is 17.9 Å². The van der Waals surface area contributed by atoms with E-state index in [1.54, 1.807) is 35.7 Å². The zero-order valence-corrected chi connectivity index (χ0v) is 17.9. The van der Waals surface area contributed by atoms with Crippen molar-refractivity contribution in [3.8, 4) is 11.6 Å². The van der Waals surface area contributed by atoms with Gasteiger partial charge in [-0.3, -0.25) is 4.90 Å². The predicted octanol–water partition coefficient (Wildman–Crippen LogP) is 4.71. The van der Waals surface area contributed by atoms with Crippen LogP contribution in [0.15, 0.2) is 60.1 Å². The number of nitrogens with one attached hydrogen (secondary N) is 2. The Bertz CT molecular complexity index is 976. The average molecular weight is 441 g/mol. The molecule has 3 aromatic rings. The van der Waals surface area contributed by atoms with Gasteiger partial charge in [0.2, 0.25) is 5.88 Å². The highest BCUT2D eigenvalue weighted by molar-refractivity contribution is 7.10. The van der Waals surface area contributed by atoms with Crippen LogP contribution in [-0.4, -0.2) is 35.5 Å². The Labute approximate surface area is 185 Å². The van der Waals surface area contributed by atoms with Crippen molar-refractivity contribution in [1.29, 1.82) is 0 Å². The molecule has 0 aliphatic carbocycles. The summed E-state index contributed by atoms with van der Waals surface area (Å²) >= 11 is 1.73. The van der Waals surface area contributed by atoms with Crippen molar-refractivity contribution >= 4 is 17.4 Å². The number of halogens is 1. The average Bonchev–Trinajstić information content (AvgIpc) is 3.49. The molecule has 3 heterocycles. The van der Waals surface area contributed by atoms with E-state index in [2.05, 4.69) is 38.0 Å². The van der Waals surface area contributed by atoms with Crippen LogP contribution < -0.4 is 15.4 Å². The maximum atomic E-state index is 13.2. The van der Waals surface area contributed by atoms with Gasteiger partial charge in [-0.25, -0.2) is 14.2 Å². The predicted molar refractivity (Wildman–Crippen MR) is 119 cm³/mol. The molecule has 4 rings (SSSR count). The van der Waals surface area contributed by atoms with Gasteiger partial charge in [0.1, 0.15) is 11.6 Å². The Balaban J connectivity index is 1.25. The Morgan fingerprint density at radius 3 is 2.74 bits per heavy atom. The van der Waals surface area contributed by atoms with E-state index in [0.717, 1.165) is 18.7 Å². The number of nitrogens with zero attached hydrogens (tertiary/aromatic N) is 2. The first-order valence-electron chi connectivity index (χ1n) is 10.3. The number of benzene rings is 1.